The van der Waals surface area contributed by atoms with E-state index in [4.69, 9.17) is 10.5 Å². The number of benzene rings is 2. The summed E-state index contributed by atoms with van der Waals surface area (Å²) in [5.74, 6) is -0.554. The van der Waals surface area contributed by atoms with E-state index in [1.54, 1.807) is 36.4 Å². The second kappa shape index (κ2) is 11.4. The molecule has 0 bridgehead atoms. The molecule has 0 heterocycles. The number of nitrogens with two attached hydrogens (primary N) is 1. The SMILES string of the molecule is NCCCCC(NC(=O)Nc1ccc(OCc2ccc([N+](=O)[O-])cc2)cc1)C(=O)O. The highest BCUT2D eigenvalue weighted by molar-refractivity contribution is 5.92. The third-order valence-electron chi connectivity index (χ3n) is 4.22. The number of anilines is 1. The normalized spacial score (nSPS) is 11.4. The van der Waals surface area contributed by atoms with Gasteiger partial charge in [-0.05, 0) is 67.8 Å². The summed E-state index contributed by atoms with van der Waals surface area (Å²) in [7, 11) is 0. The van der Waals surface area contributed by atoms with Crippen molar-refractivity contribution in [2.24, 2.45) is 5.73 Å². The van der Waals surface area contributed by atoms with Gasteiger partial charge < -0.3 is 26.2 Å². The minimum Gasteiger partial charge on any atom is -0.489 e. The fourth-order valence-electron chi connectivity index (χ4n) is 2.59. The molecule has 1 atom stereocenters. The summed E-state index contributed by atoms with van der Waals surface area (Å²) in [6.45, 7) is 0.700. The first-order valence-electron chi connectivity index (χ1n) is 9.35. The van der Waals surface area contributed by atoms with Crippen LogP contribution in [0.5, 0.6) is 5.75 Å². The molecule has 2 aromatic rings. The van der Waals surface area contributed by atoms with Crippen molar-refractivity contribution >= 4 is 23.4 Å². The number of hydrogen-bond donors (Lipinski definition) is 4. The van der Waals surface area contributed by atoms with E-state index >= 15 is 0 Å². The van der Waals surface area contributed by atoms with Crippen molar-refractivity contribution in [2.75, 3.05) is 11.9 Å². The number of hydrogen-bond acceptors (Lipinski definition) is 6. The van der Waals surface area contributed by atoms with E-state index in [0.717, 1.165) is 5.56 Å². The van der Waals surface area contributed by atoms with Crippen LogP contribution in [-0.2, 0) is 11.4 Å². The van der Waals surface area contributed by atoms with Gasteiger partial charge in [0.1, 0.15) is 18.4 Å². The van der Waals surface area contributed by atoms with Gasteiger partial charge in [-0.3, -0.25) is 10.1 Å². The standard InChI is InChI=1S/C20H24N4O6/c21-12-2-1-3-18(19(25)26)23-20(27)22-15-6-10-17(11-7-15)30-13-14-4-8-16(9-5-14)24(28)29/h4-11,18H,1-3,12-13,21H2,(H,25,26)(H2,22,23,27). The Hall–Kier alpha value is -3.66. The number of rotatable bonds is 11. The summed E-state index contributed by atoms with van der Waals surface area (Å²) in [4.78, 5) is 33.5. The lowest BCUT2D eigenvalue weighted by Crippen LogP contribution is -2.43. The van der Waals surface area contributed by atoms with E-state index in [9.17, 15) is 24.8 Å². The van der Waals surface area contributed by atoms with Crippen LogP contribution >= 0.6 is 0 Å². The van der Waals surface area contributed by atoms with Crippen molar-refractivity contribution in [3.63, 3.8) is 0 Å². The second-order valence-electron chi connectivity index (χ2n) is 6.51. The van der Waals surface area contributed by atoms with Crippen molar-refractivity contribution in [1.29, 1.82) is 0 Å². The van der Waals surface area contributed by atoms with Gasteiger partial charge in [0.15, 0.2) is 0 Å². The number of carboxylic acids is 1. The van der Waals surface area contributed by atoms with Gasteiger partial charge in [-0.1, -0.05) is 0 Å². The Bertz CT molecular complexity index is 855. The summed E-state index contributed by atoms with van der Waals surface area (Å²) in [6.07, 6.45) is 1.60. The molecule has 160 valence electrons. The first-order chi connectivity index (χ1) is 14.4. The molecule has 10 heteroatoms. The van der Waals surface area contributed by atoms with Gasteiger partial charge in [0.05, 0.1) is 4.92 Å². The molecule has 0 saturated carbocycles. The minimum atomic E-state index is -1.10. The largest absolute Gasteiger partial charge is 0.489 e. The molecular formula is C20H24N4O6. The lowest BCUT2D eigenvalue weighted by Gasteiger charge is -2.15. The smallest absolute Gasteiger partial charge is 0.326 e. The molecule has 0 aromatic heterocycles. The van der Waals surface area contributed by atoms with Gasteiger partial charge >= 0.3 is 12.0 Å². The summed E-state index contributed by atoms with van der Waals surface area (Å²) < 4.78 is 5.62. The summed E-state index contributed by atoms with van der Waals surface area (Å²) in [5, 5.41) is 24.9. The average molecular weight is 416 g/mol. The number of unbranched alkanes of at least 4 members (excludes halogenated alkanes) is 1. The molecule has 2 aromatic carbocycles. The maximum absolute atomic E-state index is 12.0. The van der Waals surface area contributed by atoms with Gasteiger partial charge in [0, 0.05) is 17.8 Å². The zero-order chi connectivity index (χ0) is 21.9. The summed E-state index contributed by atoms with van der Waals surface area (Å²) in [6, 6.07) is 11.0. The number of nitro benzene ring substituents is 1. The van der Waals surface area contributed by atoms with Crippen LogP contribution < -0.4 is 21.1 Å². The maximum atomic E-state index is 12.0. The molecule has 2 amide bonds. The molecule has 30 heavy (non-hydrogen) atoms. The van der Waals surface area contributed by atoms with Crippen molar-refractivity contribution in [2.45, 2.75) is 31.9 Å². The topological polar surface area (TPSA) is 157 Å². The molecule has 0 fully saturated rings. The third-order valence-corrected chi connectivity index (χ3v) is 4.22. The Labute approximate surface area is 173 Å². The molecule has 0 spiro atoms. The zero-order valence-electron chi connectivity index (χ0n) is 16.2. The van der Waals surface area contributed by atoms with Gasteiger partial charge in [-0.2, -0.15) is 0 Å². The number of non-ortho nitro benzene ring substituents is 1. The van der Waals surface area contributed by atoms with Crippen LogP contribution in [0, 0.1) is 10.1 Å². The van der Waals surface area contributed by atoms with Crippen LogP contribution in [0.2, 0.25) is 0 Å². The molecule has 5 N–H and O–H groups in total. The number of amides is 2. The number of carbonyl (C=O) groups excluding carboxylic acids is 1. The lowest BCUT2D eigenvalue weighted by atomic mass is 10.1. The van der Waals surface area contributed by atoms with Gasteiger partial charge in [-0.15, -0.1) is 0 Å². The molecule has 2 rings (SSSR count). The number of urea groups is 1. The van der Waals surface area contributed by atoms with E-state index in [1.165, 1.54) is 12.1 Å². The molecule has 0 aliphatic rings. The quantitative estimate of drug-likeness (QED) is 0.249. The Kier molecular flexibility index (Phi) is 8.57. The van der Waals surface area contributed by atoms with Crippen LogP contribution in [0.3, 0.4) is 0 Å². The van der Waals surface area contributed by atoms with Crippen molar-refractivity contribution in [3.8, 4) is 5.75 Å². The van der Waals surface area contributed by atoms with E-state index in [0.29, 0.717) is 37.2 Å². The molecule has 0 radical (unpaired) electrons. The predicted octanol–water partition coefficient (Wildman–Crippen LogP) is 2.88. The van der Waals surface area contributed by atoms with E-state index in [-0.39, 0.29) is 12.3 Å². The first kappa shape index (κ1) is 22.6. The number of nitrogens with zero attached hydrogens (tertiary/aromatic N) is 1. The van der Waals surface area contributed by atoms with E-state index in [1.807, 2.05) is 0 Å². The fraction of sp³-hybridized carbons (Fsp3) is 0.300. The highest BCUT2D eigenvalue weighted by Crippen LogP contribution is 2.18. The Morgan fingerprint density at radius 2 is 1.77 bits per heavy atom. The lowest BCUT2D eigenvalue weighted by molar-refractivity contribution is -0.384. The molecular weight excluding hydrogens is 392 g/mol. The molecule has 1 unspecified atom stereocenters. The Morgan fingerprint density at radius 3 is 2.33 bits per heavy atom. The third kappa shape index (κ3) is 7.40. The van der Waals surface area contributed by atoms with Crippen molar-refractivity contribution < 1.29 is 24.4 Å². The van der Waals surface area contributed by atoms with E-state index < -0.39 is 23.0 Å². The summed E-state index contributed by atoms with van der Waals surface area (Å²) >= 11 is 0. The summed E-state index contributed by atoms with van der Waals surface area (Å²) in [5.41, 5.74) is 6.66. The number of aliphatic carboxylic acids is 1. The minimum absolute atomic E-state index is 0.0111. The fourth-order valence-corrected chi connectivity index (χ4v) is 2.59. The number of nitrogens with one attached hydrogen (secondary N) is 2. The molecule has 0 saturated heterocycles. The number of carboxylic acid groups (broad SMARTS) is 1. The molecule has 10 nitrogen and oxygen atoms in total. The van der Waals surface area contributed by atoms with Gasteiger partial charge in [-0.25, -0.2) is 9.59 Å². The van der Waals surface area contributed by atoms with Crippen molar-refractivity contribution in [3.05, 3.63) is 64.2 Å². The van der Waals surface area contributed by atoms with Crippen LogP contribution in [-0.4, -0.2) is 34.6 Å². The van der Waals surface area contributed by atoms with Crippen LogP contribution in [0.15, 0.2) is 48.5 Å². The number of ether oxygens (including phenoxy) is 1. The number of carbonyl (C=O) groups is 2. The highest BCUT2D eigenvalue weighted by atomic mass is 16.6. The monoisotopic (exact) mass is 416 g/mol. The number of nitro groups is 1. The van der Waals surface area contributed by atoms with Gasteiger partial charge in [0.2, 0.25) is 0 Å². The van der Waals surface area contributed by atoms with Crippen LogP contribution in [0.1, 0.15) is 24.8 Å². The zero-order valence-corrected chi connectivity index (χ0v) is 16.2. The Morgan fingerprint density at radius 1 is 1.10 bits per heavy atom. The second-order valence-corrected chi connectivity index (χ2v) is 6.51. The average Bonchev–Trinajstić information content (AvgIpc) is 2.73. The Balaban J connectivity index is 1.83. The van der Waals surface area contributed by atoms with Crippen LogP contribution in [0.4, 0.5) is 16.2 Å². The van der Waals surface area contributed by atoms with Crippen LogP contribution in [0.25, 0.3) is 0 Å². The molecule has 0 aliphatic heterocycles. The highest BCUT2D eigenvalue weighted by Gasteiger charge is 2.19. The van der Waals surface area contributed by atoms with E-state index in [2.05, 4.69) is 10.6 Å². The first-order valence-corrected chi connectivity index (χ1v) is 9.35. The predicted molar refractivity (Wildman–Crippen MR) is 110 cm³/mol. The van der Waals surface area contributed by atoms with Crippen molar-refractivity contribution in [1.82, 2.24) is 5.32 Å². The van der Waals surface area contributed by atoms with Gasteiger partial charge in [0.25, 0.3) is 5.69 Å². The molecule has 0 aliphatic carbocycles. The maximum Gasteiger partial charge on any atom is 0.326 e.